The monoisotopic (exact) mass is 462 g/mol. The lowest BCUT2D eigenvalue weighted by Gasteiger charge is -2.21. The molecule has 4 atom stereocenters. The van der Waals surface area contributed by atoms with Crippen molar-refractivity contribution in [3.8, 4) is 11.1 Å². The van der Waals surface area contributed by atoms with E-state index < -0.39 is 21.7 Å². The minimum Gasteiger partial charge on any atom is -0.342 e. The van der Waals surface area contributed by atoms with Gasteiger partial charge in [0, 0.05) is 25.0 Å². The van der Waals surface area contributed by atoms with Crippen molar-refractivity contribution in [2.45, 2.75) is 38.1 Å². The Labute approximate surface area is 187 Å². The number of halogens is 2. The van der Waals surface area contributed by atoms with Crippen molar-refractivity contribution >= 4 is 15.9 Å². The quantitative estimate of drug-likeness (QED) is 0.733. The predicted molar refractivity (Wildman–Crippen MR) is 119 cm³/mol. The van der Waals surface area contributed by atoms with Crippen molar-refractivity contribution in [2.75, 3.05) is 19.3 Å². The molecule has 8 heteroatoms. The molecule has 1 amide bonds. The Kier molecular flexibility index (Phi) is 6.36. The lowest BCUT2D eigenvalue weighted by molar-refractivity contribution is -0.132. The van der Waals surface area contributed by atoms with E-state index in [1.165, 1.54) is 18.2 Å². The Morgan fingerprint density at radius 3 is 2.41 bits per heavy atom. The second-order valence-electron chi connectivity index (χ2n) is 8.94. The van der Waals surface area contributed by atoms with Gasteiger partial charge in [-0.1, -0.05) is 37.3 Å². The van der Waals surface area contributed by atoms with E-state index in [1.54, 1.807) is 12.1 Å². The van der Waals surface area contributed by atoms with Gasteiger partial charge in [0.25, 0.3) is 0 Å². The number of sulfonamides is 1. The van der Waals surface area contributed by atoms with Crippen LogP contribution in [0.2, 0.25) is 0 Å². The molecule has 4 rings (SSSR count). The molecule has 1 saturated carbocycles. The van der Waals surface area contributed by atoms with Gasteiger partial charge in [-0.2, -0.15) is 0 Å². The average Bonchev–Trinajstić information content (AvgIpc) is 3.44. The predicted octanol–water partition coefficient (Wildman–Crippen LogP) is 3.91. The van der Waals surface area contributed by atoms with E-state index in [2.05, 4.69) is 4.72 Å². The number of likely N-dealkylation sites (tertiary alicyclic amines) is 1. The van der Waals surface area contributed by atoms with Crippen LogP contribution >= 0.6 is 0 Å². The molecular weight excluding hydrogens is 434 g/mol. The van der Waals surface area contributed by atoms with Crippen molar-refractivity contribution in [1.29, 1.82) is 0 Å². The number of benzene rings is 2. The molecule has 1 aliphatic heterocycles. The van der Waals surface area contributed by atoms with E-state index in [0.717, 1.165) is 18.2 Å². The summed E-state index contributed by atoms with van der Waals surface area (Å²) in [6.07, 6.45) is 3.13. The third-order valence-corrected chi connectivity index (χ3v) is 7.40. The highest BCUT2D eigenvalue weighted by Crippen LogP contribution is 2.56. The standard InChI is InChI=1S/C24H28F2N2O3S/c1-15-21(17-8-3-4-9-18(17)23-19(25)10-5-11-20(23)26)22(15)24(29)28-13-6-7-16(12-14-28)27-32(2,30)31/h3-5,8-11,15-16,21-22,27H,6-7,12-14H2,1-2H3/t15?,16-,21?,22?/m0/s1. The summed E-state index contributed by atoms with van der Waals surface area (Å²) >= 11 is 0. The smallest absolute Gasteiger partial charge is 0.226 e. The van der Waals surface area contributed by atoms with Gasteiger partial charge in [0.05, 0.1) is 11.8 Å². The molecular formula is C24H28F2N2O3S. The molecule has 5 nitrogen and oxygen atoms in total. The molecule has 3 unspecified atom stereocenters. The first-order valence-electron chi connectivity index (χ1n) is 11.0. The molecule has 2 aromatic carbocycles. The first-order valence-corrected chi connectivity index (χ1v) is 12.9. The van der Waals surface area contributed by atoms with Crippen LogP contribution in [-0.4, -0.2) is 44.6 Å². The zero-order chi connectivity index (χ0) is 23.0. The van der Waals surface area contributed by atoms with E-state index in [4.69, 9.17) is 0 Å². The first kappa shape index (κ1) is 22.9. The summed E-state index contributed by atoms with van der Waals surface area (Å²) in [4.78, 5) is 15.1. The molecule has 1 aliphatic carbocycles. The van der Waals surface area contributed by atoms with Crippen LogP contribution in [0.5, 0.6) is 0 Å². The maximum absolute atomic E-state index is 14.5. The Morgan fingerprint density at radius 1 is 1.03 bits per heavy atom. The van der Waals surface area contributed by atoms with Gasteiger partial charge in [-0.25, -0.2) is 21.9 Å². The molecule has 2 aromatic rings. The van der Waals surface area contributed by atoms with Gasteiger partial charge in [0.2, 0.25) is 15.9 Å². The van der Waals surface area contributed by atoms with Crippen molar-refractivity contribution < 1.29 is 22.0 Å². The van der Waals surface area contributed by atoms with Crippen LogP contribution in [0.4, 0.5) is 8.78 Å². The Morgan fingerprint density at radius 2 is 1.72 bits per heavy atom. The largest absolute Gasteiger partial charge is 0.342 e. The summed E-state index contributed by atoms with van der Waals surface area (Å²) < 4.78 is 54.7. The summed E-state index contributed by atoms with van der Waals surface area (Å²) in [5, 5.41) is 0. The fraction of sp³-hybridized carbons (Fsp3) is 0.458. The fourth-order valence-electron chi connectivity index (χ4n) is 5.04. The van der Waals surface area contributed by atoms with Crippen LogP contribution in [0.1, 0.15) is 37.7 Å². The molecule has 2 aliphatic rings. The van der Waals surface area contributed by atoms with Crippen molar-refractivity contribution in [1.82, 2.24) is 9.62 Å². The van der Waals surface area contributed by atoms with Gasteiger partial charge in [-0.15, -0.1) is 0 Å². The zero-order valence-corrected chi connectivity index (χ0v) is 19.0. The van der Waals surface area contributed by atoms with Crippen molar-refractivity contribution in [3.63, 3.8) is 0 Å². The van der Waals surface area contributed by atoms with Crippen LogP contribution < -0.4 is 4.72 Å². The lowest BCUT2D eigenvalue weighted by Crippen LogP contribution is -2.37. The normalized spacial score (nSPS) is 25.9. The fourth-order valence-corrected chi connectivity index (χ4v) is 5.88. The SMILES string of the molecule is CC1C(C(=O)N2CCC[C@H](NS(C)(=O)=O)CC2)C1c1ccccc1-c1c(F)cccc1F. The summed E-state index contributed by atoms with van der Waals surface area (Å²) in [6.45, 7) is 3.07. The Bertz CT molecular complexity index is 1100. The second kappa shape index (κ2) is 8.90. The molecule has 1 saturated heterocycles. The van der Waals surface area contributed by atoms with Gasteiger partial charge in [-0.3, -0.25) is 4.79 Å². The van der Waals surface area contributed by atoms with E-state index in [1.807, 2.05) is 24.0 Å². The van der Waals surface area contributed by atoms with Gasteiger partial charge in [-0.05, 0) is 54.4 Å². The zero-order valence-electron chi connectivity index (χ0n) is 18.2. The van der Waals surface area contributed by atoms with Crippen LogP contribution in [-0.2, 0) is 14.8 Å². The van der Waals surface area contributed by atoms with Crippen LogP contribution in [0, 0.1) is 23.5 Å². The molecule has 0 aromatic heterocycles. The molecule has 172 valence electrons. The van der Waals surface area contributed by atoms with Crippen molar-refractivity contribution in [2.24, 2.45) is 11.8 Å². The highest BCUT2D eigenvalue weighted by atomic mass is 32.2. The van der Waals surface area contributed by atoms with Gasteiger partial charge in [0.1, 0.15) is 11.6 Å². The number of carbonyl (C=O) groups excluding carboxylic acids is 1. The summed E-state index contributed by atoms with van der Waals surface area (Å²) in [5.41, 5.74) is 1.22. The van der Waals surface area contributed by atoms with E-state index in [0.29, 0.717) is 31.5 Å². The number of carbonyl (C=O) groups is 1. The topological polar surface area (TPSA) is 66.5 Å². The highest BCUT2D eigenvalue weighted by molar-refractivity contribution is 7.88. The minimum absolute atomic E-state index is 0.0336. The van der Waals surface area contributed by atoms with Crippen LogP contribution in [0.3, 0.4) is 0 Å². The van der Waals surface area contributed by atoms with Crippen LogP contribution in [0.15, 0.2) is 42.5 Å². The molecule has 1 heterocycles. The van der Waals surface area contributed by atoms with Crippen molar-refractivity contribution in [3.05, 3.63) is 59.7 Å². The minimum atomic E-state index is -3.29. The van der Waals surface area contributed by atoms with Gasteiger partial charge < -0.3 is 4.90 Å². The number of amides is 1. The van der Waals surface area contributed by atoms with E-state index >= 15 is 0 Å². The first-order chi connectivity index (χ1) is 15.2. The van der Waals surface area contributed by atoms with Gasteiger partial charge in [0.15, 0.2) is 0 Å². The number of rotatable bonds is 5. The van der Waals surface area contributed by atoms with Gasteiger partial charge >= 0.3 is 0 Å². The maximum Gasteiger partial charge on any atom is 0.226 e. The Balaban J connectivity index is 1.53. The number of nitrogens with one attached hydrogen (secondary N) is 1. The molecule has 0 bridgehead atoms. The maximum atomic E-state index is 14.5. The molecule has 1 N–H and O–H groups in total. The van der Waals surface area contributed by atoms with E-state index in [-0.39, 0.29) is 35.3 Å². The number of hydrogen-bond donors (Lipinski definition) is 1. The summed E-state index contributed by atoms with van der Waals surface area (Å²) in [6, 6.07) is 10.8. The summed E-state index contributed by atoms with van der Waals surface area (Å²) in [5.74, 6) is -1.49. The summed E-state index contributed by atoms with van der Waals surface area (Å²) in [7, 11) is -3.29. The third kappa shape index (κ3) is 4.71. The highest BCUT2D eigenvalue weighted by Gasteiger charge is 2.54. The molecule has 32 heavy (non-hydrogen) atoms. The molecule has 2 fully saturated rings. The third-order valence-electron chi connectivity index (χ3n) is 6.64. The van der Waals surface area contributed by atoms with E-state index in [9.17, 15) is 22.0 Å². The van der Waals surface area contributed by atoms with Crippen LogP contribution in [0.25, 0.3) is 11.1 Å². The molecule has 0 radical (unpaired) electrons. The molecule has 0 spiro atoms. The number of nitrogens with zero attached hydrogens (tertiary/aromatic N) is 1. The Hall–Kier alpha value is -2.32. The second-order valence-corrected chi connectivity index (χ2v) is 10.7. The average molecular weight is 463 g/mol. The lowest BCUT2D eigenvalue weighted by atomic mass is 9.94. The number of hydrogen-bond acceptors (Lipinski definition) is 3.